The van der Waals surface area contributed by atoms with Crippen LogP contribution in [0.15, 0.2) is 57.6 Å². The molecule has 30 heavy (non-hydrogen) atoms. The largest absolute Gasteiger partial charge is 0.510 e. The maximum atomic E-state index is 13.6. The Balaban J connectivity index is 3.95. The zero-order valence-electron chi connectivity index (χ0n) is 19.4. The SMILES string of the molecule is CC(C)=CC#C[C@]1(CC=C(C)C)C(=O)C(C(=O)C(C)C)=C(O)C(CC=C(C)C)=C1O. The van der Waals surface area contributed by atoms with Crippen LogP contribution in [-0.4, -0.2) is 21.8 Å². The predicted octanol–water partition coefficient (Wildman–Crippen LogP) is 6.09. The molecule has 0 aromatic heterocycles. The van der Waals surface area contributed by atoms with Crippen molar-refractivity contribution in [1.29, 1.82) is 0 Å². The van der Waals surface area contributed by atoms with Crippen LogP contribution in [-0.2, 0) is 9.59 Å². The van der Waals surface area contributed by atoms with E-state index in [-0.39, 0.29) is 29.7 Å². The van der Waals surface area contributed by atoms with Crippen LogP contribution in [0.2, 0.25) is 0 Å². The number of hydrogen-bond acceptors (Lipinski definition) is 4. The normalized spacial score (nSPS) is 18.6. The molecule has 0 aromatic carbocycles. The van der Waals surface area contributed by atoms with Gasteiger partial charge in [0.25, 0.3) is 0 Å². The third kappa shape index (κ3) is 5.63. The first-order valence-electron chi connectivity index (χ1n) is 10.2. The molecule has 0 heterocycles. The summed E-state index contributed by atoms with van der Waals surface area (Å²) in [5.74, 6) is 3.51. The van der Waals surface area contributed by atoms with Gasteiger partial charge in [-0.1, -0.05) is 54.6 Å². The molecule has 4 heteroatoms. The summed E-state index contributed by atoms with van der Waals surface area (Å²) in [6.45, 7) is 14.7. The van der Waals surface area contributed by atoms with Gasteiger partial charge >= 0.3 is 0 Å². The van der Waals surface area contributed by atoms with Crippen LogP contribution in [0, 0.1) is 23.2 Å². The number of hydrogen-bond donors (Lipinski definition) is 2. The van der Waals surface area contributed by atoms with E-state index in [2.05, 4.69) is 11.8 Å². The van der Waals surface area contributed by atoms with E-state index in [4.69, 9.17) is 0 Å². The second-order valence-electron chi connectivity index (χ2n) is 8.77. The molecular formula is C26H34O4. The molecule has 1 aliphatic rings. The Morgan fingerprint density at radius 3 is 2.03 bits per heavy atom. The van der Waals surface area contributed by atoms with Crippen molar-refractivity contribution in [2.75, 3.05) is 0 Å². The van der Waals surface area contributed by atoms with E-state index in [1.807, 2.05) is 53.7 Å². The summed E-state index contributed by atoms with van der Waals surface area (Å²) in [6, 6.07) is 0. The lowest BCUT2D eigenvalue weighted by atomic mass is 9.68. The van der Waals surface area contributed by atoms with Gasteiger partial charge in [-0.2, -0.15) is 0 Å². The molecule has 0 aromatic rings. The smallest absolute Gasteiger partial charge is 0.196 e. The number of Topliss-reactive ketones (excluding diaryl/α,β-unsaturated/α-hetero) is 2. The zero-order chi connectivity index (χ0) is 23.2. The van der Waals surface area contributed by atoms with E-state index < -0.39 is 28.7 Å². The van der Waals surface area contributed by atoms with Crippen molar-refractivity contribution in [2.45, 2.75) is 68.2 Å². The fourth-order valence-electron chi connectivity index (χ4n) is 2.98. The van der Waals surface area contributed by atoms with Crippen LogP contribution in [0.3, 0.4) is 0 Å². The number of carbonyl (C=O) groups is 2. The molecule has 1 atom stereocenters. The van der Waals surface area contributed by atoms with Gasteiger partial charge in [-0.3, -0.25) is 9.59 Å². The van der Waals surface area contributed by atoms with Crippen molar-refractivity contribution in [3.63, 3.8) is 0 Å². The fourth-order valence-corrected chi connectivity index (χ4v) is 2.98. The summed E-state index contributed by atoms with van der Waals surface area (Å²) < 4.78 is 0. The van der Waals surface area contributed by atoms with Crippen LogP contribution in [0.25, 0.3) is 0 Å². The Morgan fingerprint density at radius 1 is 1.00 bits per heavy atom. The van der Waals surface area contributed by atoms with Gasteiger partial charge in [-0.15, -0.1) is 0 Å². The Morgan fingerprint density at radius 2 is 1.57 bits per heavy atom. The van der Waals surface area contributed by atoms with E-state index in [0.29, 0.717) is 0 Å². The zero-order valence-corrected chi connectivity index (χ0v) is 19.4. The van der Waals surface area contributed by atoms with Gasteiger partial charge in [0, 0.05) is 11.5 Å². The topological polar surface area (TPSA) is 74.6 Å². The van der Waals surface area contributed by atoms with Gasteiger partial charge in [0.1, 0.15) is 17.1 Å². The molecule has 0 saturated heterocycles. The Labute approximate surface area is 180 Å². The maximum Gasteiger partial charge on any atom is 0.196 e. The predicted molar refractivity (Wildman–Crippen MR) is 122 cm³/mol. The lowest BCUT2D eigenvalue weighted by molar-refractivity contribution is -0.127. The quantitative estimate of drug-likeness (QED) is 0.316. The molecule has 0 saturated carbocycles. The molecule has 2 N–H and O–H groups in total. The van der Waals surface area contributed by atoms with Crippen molar-refractivity contribution in [3.8, 4) is 11.8 Å². The Hall–Kier alpha value is -2.80. The molecule has 0 bridgehead atoms. The van der Waals surface area contributed by atoms with E-state index in [1.54, 1.807) is 19.9 Å². The second-order valence-corrected chi connectivity index (χ2v) is 8.77. The van der Waals surface area contributed by atoms with Crippen LogP contribution >= 0.6 is 0 Å². The molecule has 0 unspecified atom stereocenters. The summed E-state index contributed by atoms with van der Waals surface area (Å²) >= 11 is 0. The van der Waals surface area contributed by atoms with Gasteiger partial charge in [-0.25, -0.2) is 0 Å². The molecule has 0 amide bonds. The van der Waals surface area contributed by atoms with Crippen LogP contribution < -0.4 is 0 Å². The van der Waals surface area contributed by atoms with Crippen LogP contribution in [0.5, 0.6) is 0 Å². The Kier molecular flexibility index (Phi) is 8.66. The molecule has 0 aliphatic heterocycles. The van der Waals surface area contributed by atoms with Crippen LogP contribution in [0.1, 0.15) is 68.2 Å². The molecule has 0 radical (unpaired) electrons. The highest BCUT2D eigenvalue weighted by Crippen LogP contribution is 2.44. The standard InChI is InChI=1S/C26H34O4/c1-16(2)10-9-14-26(15-13-18(5)6)24(29)20(12-11-17(3)4)23(28)21(25(26)30)22(27)19(7)8/h10-11,13,19,28-29H,12,15H2,1-8H3/t26-/m1/s1. The van der Waals surface area contributed by atoms with Crippen molar-refractivity contribution in [3.05, 3.63) is 57.6 Å². The number of carbonyl (C=O) groups excluding carboxylic acids is 2. The minimum atomic E-state index is -1.61. The lowest BCUT2D eigenvalue weighted by Crippen LogP contribution is -2.40. The molecule has 0 fully saturated rings. The highest BCUT2D eigenvalue weighted by Gasteiger charge is 2.50. The summed E-state index contributed by atoms with van der Waals surface area (Å²) in [4.78, 5) is 26.5. The highest BCUT2D eigenvalue weighted by molar-refractivity contribution is 6.25. The first-order valence-corrected chi connectivity index (χ1v) is 10.2. The van der Waals surface area contributed by atoms with Gasteiger partial charge in [0.05, 0.1) is 0 Å². The number of ketones is 2. The summed E-state index contributed by atoms with van der Waals surface area (Å²) in [7, 11) is 0. The summed E-state index contributed by atoms with van der Waals surface area (Å²) in [5.41, 5.74) is 1.19. The second kappa shape index (κ2) is 10.3. The average molecular weight is 411 g/mol. The van der Waals surface area contributed by atoms with E-state index in [0.717, 1.165) is 16.7 Å². The van der Waals surface area contributed by atoms with Gasteiger partial charge in [-0.05, 0) is 60.5 Å². The van der Waals surface area contributed by atoms with Crippen LogP contribution in [0.4, 0.5) is 0 Å². The van der Waals surface area contributed by atoms with E-state index in [9.17, 15) is 19.8 Å². The fraction of sp³-hybridized carbons (Fsp3) is 0.462. The third-order valence-corrected chi connectivity index (χ3v) is 4.78. The monoisotopic (exact) mass is 410 g/mol. The van der Waals surface area contributed by atoms with E-state index in [1.165, 1.54) is 0 Å². The first kappa shape index (κ1) is 25.2. The molecule has 162 valence electrons. The highest BCUT2D eigenvalue weighted by atomic mass is 16.3. The number of aliphatic hydroxyl groups excluding tert-OH is 2. The summed E-state index contributed by atoms with van der Waals surface area (Å²) in [5, 5.41) is 22.1. The molecule has 1 rings (SSSR count). The molecule has 1 aliphatic carbocycles. The lowest BCUT2D eigenvalue weighted by Gasteiger charge is -2.33. The third-order valence-electron chi connectivity index (χ3n) is 4.78. The van der Waals surface area contributed by atoms with E-state index >= 15 is 0 Å². The minimum Gasteiger partial charge on any atom is -0.510 e. The van der Waals surface area contributed by atoms with Gasteiger partial charge in [0.15, 0.2) is 17.0 Å². The molecule has 4 nitrogen and oxygen atoms in total. The maximum absolute atomic E-state index is 13.6. The Bertz CT molecular complexity index is 927. The van der Waals surface area contributed by atoms with Gasteiger partial charge < -0.3 is 10.2 Å². The first-order chi connectivity index (χ1) is 13.8. The molecule has 0 spiro atoms. The van der Waals surface area contributed by atoms with Gasteiger partial charge in [0.2, 0.25) is 0 Å². The number of aliphatic hydroxyl groups is 2. The van der Waals surface area contributed by atoms with Crippen molar-refractivity contribution in [1.82, 2.24) is 0 Å². The molecular weight excluding hydrogens is 376 g/mol. The number of allylic oxidation sites excluding steroid dienone is 9. The van der Waals surface area contributed by atoms with Crippen molar-refractivity contribution >= 4 is 11.6 Å². The average Bonchev–Trinajstić information content (AvgIpc) is 2.62. The van der Waals surface area contributed by atoms with Crippen molar-refractivity contribution in [2.24, 2.45) is 11.3 Å². The van der Waals surface area contributed by atoms with Crippen molar-refractivity contribution < 1.29 is 19.8 Å². The summed E-state index contributed by atoms with van der Waals surface area (Å²) in [6.07, 6.45) is 5.64. The minimum absolute atomic E-state index is 0.115. The number of rotatable bonds is 6.